The maximum absolute atomic E-state index is 12.1. The predicted molar refractivity (Wildman–Crippen MR) is 88.4 cm³/mol. The number of carbonyl (C=O) groups is 1. The van der Waals surface area contributed by atoms with Crippen molar-refractivity contribution in [2.24, 2.45) is 0 Å². The van der Waals surface area contributed by atoms with Crippen LogP contribution in [0.15, 0.2) is 48.9 Å². The van der Waals surface area contributed by atoms with Gasteiger partial charge in [-0.05, 0) is 25.5 Å². The van der Waals surface area contributed by atoms with Gasteiger partial charge in [0, 0.05) is 18.9 Å². The molecule has 0 unspecified atom stereocenters. The average Bonchev–Trinajstić information content (AvgIpc) is 3.16. The Morgan fingerprint density at radius 3 is 2.87 bits per heavy atom. The molecule has 1 amide bonds. The first kappa shape index (κ1) is 15.0. The maximum Gasteiger partial charge on any atom is 0.276 e. The molecular formula is C17H19N5O. The lowest BCUT2D eigenvalue weighted by molar-refractivity contribution is 0.102. The second-order valence-electron chi connectivity index (χ2n) is 5.43. The fourth-order valence-corrected chi connectivity index (χ4v) is 2.37. The van der Waals surface area contributed by atoms with Crippen LogP contribution in [0.1, 0.15) is 28.5 Å². The minimum absolute atomic E-state index is 0.229. The molecule has 118 valence electrons. The molecule has 0 radical (unpaired) electrons. The Kier molecular flexibility index (Phi) is 4.23. The first-order valence-corrected chi connectivity index (χ1v) is 7.57. The Labute approximate surface area is 134 Å². The van der Waals surface area contributed by atoms with Gasteiger partial charge in [0.15, 0.2) is 5.69 Å². The normalized spacial score (nSPS) is 10.7. The van der Waals surface area contributed by atoms with Crippen molar-refractivity contribution >= 4 is 11.6 Å². The molecule has 2 heterocycles. The van der Waals surface area contributed by atoms with Crippen molar-refractivity contribution < 1.29 is 4.79 Å². The molecule has 1 N–H and O–H groups in total. The molecule has 23 heavy (non-hydrogen) atoms. The summed E-state index contributed by atoms with van der Waals surface area (Å²) in [7, 11) is 0. The molecule has 0 bridgehead atoms. The number of amides is 1. The van der Waals surface area contributed by atoms with E-state index in [-0.39, 0.29) is 5.91 Å². The van der Waals surface area contributed by atoms with Crippen molar-refractivity contribution in [2.75, 3.05) is 5.32 Å². The maximum atomic E-state index is 12.1. The van der Waals surface area contributed by atoms with Crippen molar-refractivity contribution in [3.05, 3.63) is 65.7 Å². The number of aromatic nitrogens is 4. The van der Waals surface area contributed by atoms with Gasteiger partial charge < -0.3 is 5.32 Å². The van der Waals surface area contributed by atoms with Gasteiger partial charge in [-0.15, -0.1) is 0 Å². The van der Waals surface area contributed by atoms with Crippen LogP contribution >= 0.6 is 0 Å². The molecule has 0 aliphatic heterocycles. The van der Waals surface area contributed by atoms with Crippen LogP contribution in [0.2, 0.25) is 0 Å². The van der Waals surface area contributed by atoms with Gasteiger partial charge in [0.05, 0.1) is 18.4 Å². The van der Waals surface area contributed by atoms with Crippen LogP contribution in [0, 0.1) is 6.92 Å². The van der Waals surface area contributed by atoms with Gasteiger partial charge in [0.1, 0.15) is 0 Å². The Morgan fingerprint density at radius 2 is 2.13 bits per heavy atom. The highest BCUT2D eigenvalue weighted by Gasteiger charge is 2.10. The highest BCUT2D eigenvalue weighted by atomic mass is 16.2. The smallest absolute Gasteiger partial charge is 0.276 e. The Morgan fingerprint density at radius 1 is 1.26 bits per heavy atom. The van der Waals surface area contributed by atoms with Crippen molar-refractivity contribution in [3.8, 4) is 0 Å². The molecule has 3 aromatic rings. The van der Waals surface area contributed by atoms with Gasteiger partial charge in [-0.1, -0.05) is 29.8 Å². The highest BCUT2D eigenvalue weighted by molar-refractivity contribution is 6.02. The first-order valence-electron chi connectivity index (χ1n) is 7.57. The monoisotopic (exact) mass is 309 g/mol. The summed E-state index contributed by atoms with van der Waals surface area (Å²) in [4.78, 5) is 12.1. The van der Waals surface area contributed by atoms with Crippen molar-refractivity contribution in [1.29, 1.82) is 0 Å². The van der Waals surface area contributed by atoms with Crippen molar-refractivity contribution in [3.63, 3.8) is 0 Å². The number of rotatable bonds is 5. The lowest BCUT2D eigenvalue weighted by Gasteiger charge is -2.03. The van der Waals surface area contributed by atoms with Gasteiger partial charge >= 0.3 is 0 Å². The summed E-state index contributed by atoms with van der Waals surface area (Å²) in [6.45, 7) is 5.45. The molecule has 0 fully saturated rings. The second-order valence-corrected chi connectivity index (χ2v) is 5.43. The highest BCUT2D eigenvalue weighted by Crippen LogP contribution is 2.10. The van der Waals surface area contributed by atoms with Gasteiger partial charge in [0.25, 0.3) is 5.91 Å². The van der Waals surface area contributed by atoms with E-state index in [1.165, 1.54) is 11.1 Å². The van der Waals surface area contributed by atoms with E-state index in [0.29, 0.717) is 17.9 Å². The number of hydrogen-bond acceptors (Lipinski definition) is 3. The van der Waals surface area contributed by atoms with Gasteiger partial charge in [0.2, 0.25) is 0 Å². The van der Waals surface area contributed by atoms with Crippen LogP contribution < -0.4 is 5.32 Å². The van der Waals surface area contributed by atoms with Crippen LogP contribution in [0.25, 0.3) is 0 Å². The summed E-state index contributed by atoms with van der Waals surface area (Å²) in [6, 6.07) is 9.98. The summed E-state index contributed by atoms with van der Waals surface area (Å²) in [5.74, 6) is -0.229. The number of anilines is 1. The summed E-state index contributed by atoms with van der Waals surface area (Å²) >= 11 is 0. The molecule has 0 aliphatic carbocycles. The Balaban J connectivity index is 1.66. The fraction of sp³-hybridized carbons (Fsp3) is 0.235. The summed E-state index contributed by atoms with van der Waals surface area (Å²) < 4.78 is 3.52. The largest absolute Gasteiger partial charge is 0.318 e. The number of hydrogen-bond donors (Lipinski definition) is 1. The predicted octanol–water partition coefficient (Wildman–Crippen LogP) is 2.71. The van der Waals surface area contributed by atoms with E-state index in [4.69, 9.17) is 0 Å². The summed E-state index contributed by atoms with van der Waals surface area (Å²) in [5, 5.41) is 11.3. The van der Waals surface area contributed by atoms with Crippen molar-refractivity contribution in [1.82, 2.24) is 19.6 Å². The molecule has 2 aromatic heterocycles. The van der Waals surface area contributed by atoms with Gasteiger partial charge in [-0.25, -0.2) is 0 Å². The molecule has 1 aromatic carbocycles. The summed E-state index contributed by atoms with van der Waals surface area (Å²) in [5.41, 5.74) is 3.45. The number of aryl methyl sites for hydroxylation is 2. The third-order valence-electron chi connectivity index (χ3n) is 3.52. The summed E-state index contributed by atoms with van der Waals surface area (Å²) in [6.07, 6.45) is 5.25. The molecule has 6 nitrogen and oxygen atoms in total. The third-order valence-corrected chi connectivity index (χ3v) is 3.52. The van der Waals surface area contributed by atoms with Gasteiger partial charge in [-0.2, -0.15) is 10.2 Å². The minimum atomic E-state index is -0.229. The van der Waals surface area contributed by atoms with Crippen LogP contribution in [0.4, 0.5) is 5.69 Å². The zero-order valence-corrected chi connectivity index (χ0v) is 13.2. The standard InChI is InChI=1S/C17H19N5O/c1-3-21-8-7-16(20-21)17(23)19-15-10-18-22(12-15)11-14-6-4-5-13(2)9-14/h4-10,12H,3,11H2,1-2H3,(H,19,23). The Hall–Kier alpha value is -2.89. The van der Waals surface area contributed by atoms with Crippen LogP contribution in [-0.4, -0.2) is 25.5 Å². The molecule has 3 rings (SSSR count). The van der Waals surface area contributed by atoms with E-state index >= 15 is 0 Å². The number of nitrogens with zero attached hydrogens (tertiary/aromatic N) is 4. The SMILES string of the molecule is CCn1ccc(C(=O)Nc2cnn(Cc3cccc(C)c3)c2)n1. The second kappa shape index (κ2) is 6.48. The lowest BCUT2D eigenvalue weighted by Crippen LogP contribution is -2.13. The average molecular weight is 309 g/mol. The van der Waals surface area contributed by atoms with Crippen LogP contribution in [0.3, 0.4) is 0 Å². The van der Waals surface area contributed by atoms with E-state index in [2.05, 4.69) is 40.6 Å². The quantitative estimate of drug-likeness (QED) is 0.788. The van der Waals surface area contributed by atoms with E-state index in [1.54, 1.807) is 27.8 Å². The van der Waals surface area contributed by atoms with E-state index < -0.39 is 0 Å². The fourth-order valence-electron chi connectivity index (χ4n) is 2.37. The number of benzene rings is 1. The zero-order chi connectivity index (χ0) is 16.2. The van der Waals surface area contributed by atoms with Crippen LogP contribution in [-0.2, 0) is 13.1 Å². The first-order chi connectivity index (χ1) is 11.1. The van der Waals surface area contributed by atoms with E-state index in [9.17, 15) is 4.79 Å². The molecule has 0 saturated heterocycles. The topological polar surface area (TPSA) is 64.7 Å². The molecule has 0 atom stereocenters. The lowest BCUT2D eigenvalue weighted by atomic mass is 10.1. The molecule has 0 aliphatic rings. The number of carbonyl (C=O) groups excluding carboxylic acids is 1. The number of nitrogens with one attached hydrogen (secondary N) is 1. The van der Waals surface area contributed by atoms with E-state index in [0.717, 1.165) is 6.54 Å². The molecule has 0 spiro atoms. The molecular weight excluding hydrogens is 290 g/mol. The third kappa shape index (κ3) is 3.66. The Bertz CT molecular complexity index is 818. The minimum Gasteiger partial charge on any atom is -0.318 e. The van der Waals surface area contributed by atoms with E-state index in [1.807, 2.05) is 19.2 Å². The van der Waals surface area contributed by atoms with Crippen molar-refractivity contribution in [2.45, 2.75) is 26.9 Å². The molecule has 6 heteroatoms. The zero-order valence-electron chi connectivity index (χ0n) is 13.2. The van der Waals surface area contributed by atoms with Crippen LogP contribution in [0.5, 0.6) is 0 Å². The molecule has 0 saturated carbocycles. The van der Waals surface area contributed by atoms with Gasteiger partial charge in [-0.3, -0.25) is 14.2 Å².